The molecule has 2 heterocycles. The minimum atomic E-state index is -0.309. The largest absolute Gasteiger partial charge is 0.135 e. The summed E-state index contributed by atoms with van der Waals surface area (Å²) < 4.78 is 2.70. The molecule has 0 radical (unpaired) electrons. The van der Waals surface area contributed by atoms with Gasteiger partial charge >= 0.3 is 0 Å². The highest BCUT2D eigenvalue weighted by Crippen LogP contribution is 2.63. The van der Waals surface area contributed by atoms with E-state index in [-0.39, 0.29) is 5.41 Å². The normalized spacial score (nSPS) is 16.7. The molecule has 0 saturated heterocycles. The van der Waals surface area contributed by atoms with Crippen LogP contribution in [0.25, 0.3) is 42.4 Å². The van der Waals surface area contributed by atoms with Gasteiger partial charge in [-0.15, -0.1) is 11.3 Å². The summed E-state index contributed by atoms with van der Waals surface area (Å²) in [4.78, 5) is 2.71. The Morgan fingerprint density at radius 2 is 1.15 bits per heavy atom. The van der Waals surface area contributed by atoms with E-state index in [9.17, 15) is 0 Å². The predicted molar refractivity (Wildman–Crippen MR) is 166 cm³/mol. The molecule has 1 aliphatic carbocycles. The van der Waals surface area contributed by atoms with Gasteiger partial charge < -0.3 is 0 Å². The van der Waals surface area contributed by atoms with Crippen LogP contribution in [0.4, 0.5) is 0 Å². The first kappa shape index (κ1) is 21.8. The lowest BCUT2D eigenvalue weighted by molar-refractivity contribution is 0.725. The minimum absolute atomic E-state index is 0.309. The molecular formula is C37H22S2. The summed E-state index contributed by atoms with van der Waals surface area (Å²) in [5.41, 5.74) is 10.5. The summed E-state index contributed by atoms with van der Waals surface area (Å²) >= 11 is 3.78. The van der Waals surface area contributed by atoms with Crippen molar-refractivity contribution < 1.29 is 0 Å². The second kappa shape index (κ2) is 7.95. The zero-order chi connectivity index (χ0) is 25.6. The third-order valence-corrected chi connectivity index (χ3v) is 10.8. The van der Waals surface area contributed by atoms with Crippen molar-refractivity contribution in [3.8, 4) is 22.3 Å². The molecule has 9 rings (SSSR count). The zero-order valence-corrected chi connectivity index (χ0v) is 22.7. The Morgan fingerprint density at radius 1 is 0.462 bits per heavy atom. The number of fused-ring (bicyclic) bond motifs is 8. The highest BCUT2D eigenvalue weighted by Gasteiger charge is 2.50. The molecule has 1 atom stereocenters. The van der Waals surface area contributed by atoms with Crippen LogP contribution in [-0.2, 0) is 5.41 Å². The summed E-state index contributed by atoms with van der Waals surface area (Å²) in [5.74, 6) is 0. The van der Waals surface area contributed by atoms with Gasteiger partial charge in [-0.3, -0.25) is 0 Å². The first-order chi connectivity index (χ1) is 19.3. The van der Waals surface area contributed by atoms with Crippen LogP contribution in [0, 0.1) is 0 Å². The van der Waals surface area contributed by atoms with Crippen LogP contribution >= 0.6 is 23.1 Å². The SMILES string of the molecule is c1ccc2c(c1)Sc1cccc3c1C2(c1ccc(-c2ccc4sc5ccccc5c4c2)cc1)c1ccccc1-3. The van der Waals surface area contributed by atoms with Gasteiger partial charge in [0.25, 0.3) is 0 Å². The van der Waals surface area contributed by atoms with E-state index < -0.39 is 0 Å². The Morgan fingerprint density at radius 3 is 2.08 bits per heavy atom. The van der Waals surface area contributed by atoms with Gasteiger partial charge in [0.2, 0.25) is 0 Å². The Hall–Kier alpha value is -4.11. The van der Waals surface area contributed by atoms with E-state index in [2.05, 4.69) is 133 Å². The third-order valence-electron chi connectivity index (χ3n) is 8.56. The molecule has 6 aromatic carbocycles. The molecule has 0 saturated carbocycles. The van der Waals surface area contributed by atoms with E-state index in [1.807, 2.05) is 23.1 Å². The van der Waals surface area contributed by atoms with Gasteiger partial charge in [-0.25, -0.2) is 0 Å². The molecule has 39 heavy (non-hydrogen) atoms. The second-order valence-corrected chi connectivity index (χ2v) is 12.6. The summed E-state index contributed by atoms with van der Waals surface area (Å²) in [5, 5.41) is 2.69. The number of rotatable bonds is 2. The Bertz CT molecular complexity index is 2100. The zero-order valence-electron chi connectivity index (χ0n) is 21.0. The first-order valence-corrected chi connectivity index (χ1v) is 15.0. The molecule has 0 nitrogen and oxygen atoms in total. The Balaban J connectivity index is 1.27. The topological polar surface area (TPSA) is 0 Å². The van der Waals surface area contributed by atoms with Crippen molar-refractivity contribution in [2.75, 3.05) is 0 Å². The fraction of sp³-hybridized carbons (Fsp3) is 0.0270. The van der Waals surface area contributed by atoms with Gasteiger partial charge in [-0.2, -0.15) is 0 Å². The van der Waals surface area contributed by atoms with Crippen LogP contribution in [0.1, 0.15) is 22.3 Å². The van der Waals surface area contributed by atoms with Crippen molar-refractivity contribution in [1.29, 1.82) is 0 Å². The van der Waals surface area contributed by atoms with Gasteiger partial charge in [0, 0.05) is 30.0 Å². The molecular weight excluding hydrogens is 509 g/mol. The van der Waals surface area contributed by atoms with Gasteiger partial charge in [0.05, 0.1) is 5.41 Å². The molecule has 0 bridgehead atoms. The number of hydrogen-bond acceptors (Lipinski definition) is 2. The molecule has 0 spiro atoms. The van der Waals surface area contributed by atoms with Crippen molar-refractivity contribution in [2.45, 2.75) is 15.2 Å². The van der Waals surface area contributed by atoms with Crippen LogP contribution < -0.4 is 0 Å². The van der Waals surface area contributed by atoms with Gasteiger partial charge in [-0.05, 0) is 74.8 Å². The maximum atomic E-state index is 2.38. The molecule has 0 amide bonds. The van der Waals surface area contributed by atoms with E-state index in [0.717, 1.165) is 0 Å². The van der Waals surface area contributed by atoms with E-state index in [1.165, 1.54) is 74.5 Å². The molecule has 182 valence electrons. The Labute approximate surface area is 235 Å². The molecule has 0 fully saturated rings. The van der Waals surface area contributed by atoms with E-state index in [4.69, 9.17) is 0 Å². The lowest BCUT2D eigenvalue weighted by Crippen LogP contribution is -2.31. The number of benzene rings is 6. The van der Waals surface area contributed by atoms with E-state index >= 15 is 0 Å². The predicted octanol–water partition coefficient (Wildman–Crippen LogP) is 10.5. The third kappa shape index (κ3) is 2.85. The minimum Gasteiger partial charge on any atom is -0.135 e. The highest BCUT2D eigenvalue weighted by atomic mass is 32.2. The van der Waals surface area contributed by atoms with Crippen molar-refractivity contribution in [3.05, 3.63) is 156 Å². The summed E-state index contributed by atoms with van der Waals surface area (Å²) in [6.45, 7) is 0. The van der Waals surface area contributed by atoms with Crippen molar-refractivity contribution >= 4 is 43.3 Å². The van der Waals surface area contributed by atoms with Gasteiger partial charge in [0.15, 0.2) is 0 Å². The van der Waals surface area contributed by atoms with Crippen LogP contribution in [0.5, 0.6) is 0 Å². The number of thiophene rings is 1. The molecule has 1 unspecified atom stereocenters. The summed E-state index contributed by atoms with van der Waals surface area (Å²) in [6, 6.07) is 49.9. The van der Waals surface area contributed by atoms with E-state index in [0.29, 0.717) is 0 Å². The first-order valence-electron chi connectivity index (χ1n) is 13.4. The van der Waals surface area contributed by atoms with Gasteiger partial charge in [0.1, 0.15) is 0 Å². The average molecular weight is 531 g/mol. The average Bonchev–Trinajstić information content (AvgIpc) is 3.52. The molecule has 2 heteroatoms. The van der Waals surface area contributed by atoms with E-state index in [1.54, 1.807) is 0 Å². The summed E-state index contributed by atoms with van der Waals surface area (Å²) in [6.07, 6.45) is 0. The van der Waals surface area contributed by atoms with Crippen molar-refractivity contribution in [3.63, 3.8) is 0 Å². The maximum absolute atomic E-state index is 2.38. The standard InChI is InChI=1S/C37H22S2/c1-3-11-30-26(8-1)28-10-7-15-35-36(28)37(30,31-12-4-6-14-34(31)39-35)25-19-16-23(17-20-25)24-18-21-33-29(22-24)27-9-2-5-13-32(27)38-33/h1-22H. The Kier molecular flexibility index (Phi) is 4.44. The van der Waals surface area contributed by atoms with Crippen LogP contribution in [0.3, 0.4) is 0 Å². The quantitative estimate of drug-likeness (QED) is 0.214. The fourth-order valence-corrected chi connectivity index (χ4v) is 9.26. The van der Waals surface area contributed by atoms with Gasteiger partial charge in [-0.1, -0.05) is 115 Å². The second-order valence-electron chi connectivity index (χ2n) is 10.5. The lowest BCUT2D eigenvalue weighted by Gasteiger charge is -2.39. The molecule has 2 aliphatic rings. The number of hydrogen-bond donors (Lipinski definition) is 0. The highest BCUT2D eigenvalue weighted by molar-refractivity contribution is 7.99. The summed E-state index contributed by atoms with van der Waals surface area (Å²) in [7, 11) is 0. The monoisotopic (exact) mass is 530 g/mol. The maximum Gasteiger partial charge on any atom is 0.0735 e. The molecule has 1 aromatic heterocycles. The van der Waals surface area contributed by atoms with Crippen LogP contribution in [0.2, 0.25) is 0 Å². The molecule has 0 N–H and O–H groups in total. The lowest BCUT2D eigenvalue weighted by atomic mass is 9.67. The van der Waals surface area contributed by atoms with Crippen LogP contribution in [-0.4, -0.2) is 0 Å². The molecule has 1 aliphatic heterocycles. The van der Waals surface area contributed by atoms with Crippen LogP contribution in [0.15, 0.2) is 143 Å². The molecule has 7 aromatic rings. The smallest absolute Gasteiger partial charge is 0.0735 e. The fourth-order valence-electron chi connectivity index (χ4n) is 6.94. The van der Waals surface area contributed by atoms with Crippen molar-refractivity contribution in [2.24, 2.45) is 0 Å². The van der Waals surface area contributed by atoms with Crippen molar-refractivity contribution in [1.82, 2.24) is 0 Å².